The molecule has 0 spiro atoms. The molecule has 0 radical (unpaired) electrons. The Morgan fingerprint density at radius 2 is 1.91 bits per heavy atom. The van der Waals surface area contributed by atoms with Crippen molar-refractivity contribution in [3.63, 3.8) is 0 Å². The number of aromatic amines is 1. The predicted molar refractivity (Wildman–Crippen MR) is 130 cm³/mol. The van der Waals surface area contributed by atoms with Gasteiger partial charge < -0.3 is 24.4 Å². The molecule has 0 atom stereocenters. The molecule has 0 saturated heterocycles. The molecule has 0 unspecified atom stereocenters. The van der Waals surface area contributed by atoms with E-state index in [9.17, 15) is 0 Å². The number of ether oxygens (including phenoxy) is 1. The number of hydrogen-bond acceptors (Lipinski definition) is 7. The summed E-state index contributed by atoms with van der Waals surface area (Å²) >= 11 is 0. The summed E-state index contributed by atoms with van der Waals surface area (Å²) in [6.45, 7) is 4.81. The van der Waals surface area contributed by atoms with E-state index in [-0.39, 0.29) is 0 Å². The zero-order chi connectivity index (χ0) is 23.1. The fraction of sp³-hybridized carbons (Fsp3) is 0.240. The minimum Gasteiger partial charge on any atom is -0.480 e. The maximum Gasteiger partial charge on any atom is 0.232 e. The van der Waals surface area contributed by atoms with Crippen LogP contribution in [-0.4, -0.2) is 46.0 Å². The van der Waals surface area contributed by atoms with E-state index in [1.807, 2.05) is 31.3 Å². The number of oxazole rings is 1. The Morgan fingerprint density at radius 1 is 1.06 bits per heavy atom. The lowest BCUT2D eigenvalue weighted by Gasteiger charge is -2.14. The van der Waals surface area contributed by atoms with E-state index < -0.39 is 0 Å². The van der Waals surface area contributed by atoms with Crippen molar-refractivity contribution in [1.82, 2.24) is 24.8 Å². The van der Waals surface area contributed by atoms with E-state index in [1.54, 1.807) is 7.11 Å². The number of methoxy groups -OCH3 is 1. The molecule has 0 aliphatic carbocycles. The van der Waals surface area contributed by atoms with Crippen LogP contribution in [0, 0.1) is 13.8 Å². The first-order valence-corrected chi connectivity index (χ1v) is 10.7. The van der Waals surface area contributed by atoms with E-state index in [1.165, 1.54) is 5.56 Å². The largest absolute Gasteiger partial charge is 0.480 e. The van der Waals surface area contributed by atoms with Gasteiger partial charge in [-0.2, -0.15) is 9.97 Å². The molecule has 2 aromatic carbocycles. The summed E-state index contributed by atoms with van der Waals surface area (Å²) in [6, 6.07) is 12.3. The Morgan fingerprint density at radius 3 is 2.67 bits per heavy atom. The fourth-order valence-corrected chi connectivity index (χ4v) is 4.09. The van der Waals surface area contributed by atoms with Gasteiger partial charge in [-0.25, -0.2) is 4.98 Å². The second-order valence-corrected chi connectivity index (χ2v) is 8.41. The van der Waals surface area contributed by atoms with Crippen LogP contribution in [0.5, 0.6) is 5.88 Å². The van der Waals surface area contributed by atoms with E-state index in [2.05, 4.69) is 64.4 Å². The Bertz CT molecular complexity index is 1470. The van der Waals surface area contributed by atoms with E-state index in [0.29, 0.717) is 23.4 Å². The van der Waals surface area contributed by atoms with Crippen molar-refractivity contribution < 1.29 is 9.15 Å². The maximum atomic E-state index is 5.70. The molecule has 8 nitrogen and oxygen atoms in total. The van der Waals surface area contributed by atoms with Crippen molar-refractivity contribution in [2.24, 2.45) is 0 Å². The van der Waals surface area contributed by atoms with Gasteiger partial charge >= 0.3 is 0 Å². The molecule has 0 saturated carbocycles. The maximum absolute atomic E-state index is 5.70. The number of nitrogens with one attached hydrogen (secondary N) is 2. The number of H-pyrrole nitrogens is 1. The summed E-state index contributed by atoms with van der Waals surface area (Å²) in [4.78, 5) is 19.1. The number of aromatic nitrogens is 4. The van der Waals surface area contributed by atoms with Gasteiger partial charge in [0.15, 0.2) is 11.5 Å². The molecule has 0 amide bonds. The third kappa shape index (κ3) is 4.01. The summed E-state index contributed by atoms with van der Waals surface area (Å²) in [5.74, 6) is 1.61. The zero-order valence-electron chi connectivity index (χ0n) is 19.4. The standard InChI is InChI=1S/C25H26N6O2/c1-14-10-16(13-31(3)4)6-8-19(14)28-25-29-23-22(24(30-25)32-5)18(12-26-23)17-7-9-20-21(11-17)33-15(2)27-20/h6-12H,13H2,1-5H3,(H2,26,28,29,30). The van der Waals surface area contributed by atoms with Gasteiger partial charge in [-0.3, -0.25) is 0 Å². The first-order valence-electron chi connectivity index (χ1n) is 10.7. The topological polar surface area (TPSA) is 92.1 Å². The average Bonchev–Trinajstić information content (AvgIpc) is 3.36. The second-order valence-electron chi connectivity index (χ2n) is 8.41. The third-order valence-corrected chi connectivity index (χ3v) is 5.53. The number of benzene rings is 2. The third-order valence-electron chi connectivity index (χ3n) is 5.53. The van der Waals surface area contributed by atoms with Crippen LogP contribution in [-0.2, 0) is 6.54 Å². The highest BCUT2D eigenvalue weighted by Gasteiger charge is 2.17. The van der Waals surface area contributed by atoms with Crippen molar-refractivity contribution in [1.29, 1.82) is 0 Å². The SMILES string of the molecule is COc1nc(Nc2ccc(CN(C)C)cc2C)nc2[nH]cc(-c3ccc4nc(C)oc4c3)c12. The van der Waals surface area contributed by atoms with Crippen molar-refractivity contribution in [3.8, 4) is 17.0 Å². The van der Waals surface area contributed by atoms with Crippen LogP contribution >= 0.6 is 0 Å². The molecule has 168 valence electrons. The molecule has 8 heteroatoms. The molecule has 3 aromatic heterocycles. The fourth-order valence-electron chi connectivity index (χ4n) is 4.09. The van der Waals surface area contributed by atoms with Gasteiger partial charge in [0.05, 0.1) is 12.5 Å². The average molecular weight is 443 g/mol. The first kappa shape index (κ1) is 21.0. The van der Waals surface area contributed by atoms with Crippen LogP contribution in [0.4, 0.5) is 11.6 Å². The lowest BCUT2D eigenvalue weighted by Crippen LogP contribution is -2.11. The van der Waals surface area contributed by atoms with Gasteiger partial charge in [-0.1, -0.05) is 18.2 Å². The normalized spacial score (nSPS) is 11.6. The van der Waals surface area contributed by atoms with Crippen LogP contribution in [0.25, 0.3) is 33.3 Å². The molecule has 0 aliphatic rings. The lowest BCUT2D eigenvalue weighted by atomic mass is 10.1. The number of rotatable bonds is 6. The molecular formula is C25H26N6O2. The number of hydrogen-bond donors (Lipinski definition) is 2. The minimum atomic E-state index is 0.470. The molecule has 2 N–H and O–H groups in total. The highest BCUT2D eigenvalue weighted by molar-refractivity contribution is 5.99. The molecule has 0 bridgehead atoms. The van der Waals surface area contributed by atoms with Crippen molar-refractivity contribution >= 4 is 33.8 Å². The molecular weight excluding hydrogens is 416 g/mol. The van der Waals surface area contributed by atoms with E-state index in [0.717, 1.165) is 45.4 Å². The van der Waals surface area contributed by atoms with Crippen LogP contribution in [0.2, 0.25) is 0 Å². The highest BCUT2D eigenvalue weighted by Crippen LogP contribution is 2.36. The Hall–Kier alpha value is -3.91. The van der Waals surface area contributed by atoms with Crippen LogP contribution in [0.3, 0.4) is 0 Å². The number of nitrogens with zero attached hydrogens (tertiary/aromatic N) is 4. The van der Waals surface area contributed by atoms with Gasteiger partial charge in [0.2, 0.25) is 11.8 Å². The van der Waals surface area contributed by atoms with Gasteiger partial charge in [0, 0.05) is 30.9 Å². The molecule has 0 aliphatic heterocycles. The van der Waals surface area contributed by atoms with Crippen molar-refractivity contribution in [2.75, 3.05) is 26.5 Å². The zero-order valence-corrected chi connectivity index (χ0v) is 19.4. The van der Waals surface area contributed by atoms with Crippen LogP contribution in [0.1, 0.15) is 17.0 Å². The smallest absolute Gasteiger partial charge is 0.232 e. The quantitative estimate of drug-likeness (QED) is 0.373. The number of aryl methyl sites for hydroxylation is 2. The van der Waals surface area contributed by atoms with Crippen LogP contribution in [0.15, 0.2) is 47.0 Å². The molecule has 3 heterocycles. The van der Waals surface area contributed by atoms with Crippen LogP contribution < -0.4 is 10.1 Å². The van der Waals surface area contributed by atoms with E-state index in [4.69, 9.17) is 14.1 Å². The molecule has 0 fully saturated rings. The van der Waals surface area contributed by atoms with Gasteiger partial charge in [0.25, 0.3) is 0 Å². The molecule has 5 rings (SSSR count). The van der Waals surface area contributed by atoms with Gasteiger partial charge in [0.1, 0.15) is 11.2 Å². The second kappa shape index (κ2) is 8.22. The number of fused-ring (bicyclic) bond motifs is 2. The monoisotopic (exact) mass is 442 g/mol. The Kier molecular flexibility index (Phi) is 5.22. The summed E-state index contributed by atoms with van der Waals surface area (Å²) in [5, 5.41) is 4.15. The predicted octanol–water partition coefficient (Wildman–Crippen LogP) is 5.20. The molecule has 5 aromatic rings. The van der Waals surface area contributed by atoms with Gasteiger partial charge in [-0.15, -0.1) is 0 Å². The van der Waals surface area contributed by atoms with Crippen molar-refractivity contribution in [3.05, 3.63) is 59.6 Å². The lowest BCUT2D eigenvalue weighted by molar-refractivity contribution is 0.402. The highest BCUT2D eigenvalue weighted by atomic mass is 16.5. The van der Waals surface area contributed by atoms with E-state index >= 15 is 0 Å². The first-order chi connectivity index (χ1) is 15.9. The van der Waals surface area contributed by atoms with Crippen molar-refractivity contribution in [2.45, 2.75) is 20.4 Å². The minimum absolute atomic E-state index is 0.470. The summed E-state index contributed by atoms with van der Waals surface area (Å²) < 4.78 is 11.4. The number of anilines is 2. The Balaban J connectivity index is 1.51. The summed E-state index contributed by atoms with van der Waals surface area (Å²) in [7, 11) is 5.74. The molecule has 33 heavy (non-hydrogen) atoms. The Labute approximate surface area is 191 Å². The summed E-state index contributed by atoms with van der Waals surface area (Å²) in [5.41, 5.74) is 7.51. The summed E-state index contributed by atoms with van der Waals surface area (Å²) in [6.07, 6.45) is 1.91. The van der Waals surface area contributed by atoms with Gasteiger partial charge in [-0.05, 0) is 55.9 Å².